The molecule has 2 unspecified atom stereocenters. The standard InChI is InChI=1S/C20H27FN2O4S/c1-19(2,23-28(26,27)16-6-4-3-5-15(16)21)18(24)22-17-13-7-12-8-14(17)11-20(25,9-12)10-13/h3-6,12-14,17,23,25H,7-11H2,1-2H3,(H,22,24)/t12-,13?,14?,17?,20-. The van der Waals surface area contributed by atoms with Gasteiger partial charge in [0.25, 0.3) is 0 Å². The van der Waals surface area contributed by atoms with E-state index in [2.05, 4.69) is 10.0 Å². The summed E-state index contributed by atoms with van der Waals surface area (Å²) in [5.41, 5.74) is -2.04. The molecule has 3 N–H and O–H groups in total. The number of amides is 1. The number of carbonyl (C=O) groups excluding carboxylic acids is 1. The topological polar surface area (TPSA) is 95.5 Å². The average Bonchev–Trinajstić information content (AvgIpc) is 2.55. The van der Waals surface area contributed by atoms with Crippen LogP contribution in [0.1, 0.15) is 46.0 Å². The van der Waals surface area contributed by atoms with E-state index < -0.39 is 37.8 Å². The molecule has 6 nitrogen and oxygen atoms in total. The second-order valence-corrected chi connectivity index (χ2v) is 11.0. The SMILES string of the molecule is CC(C)(NS(=O)(=O)c1ccccc1F)C(=O)NC1C2C[C@H]3CC1C[C@@](O)(C2)C3. The Kier molecular flexibility index (Phi) is 4.60. The first kappa shape index (κ1) is 19.8. The maximum absolute atomic E-state index is 13.9. The lowest BCUT2D eigenvalue weighted by molar-refractivity contribution is -0.148. The summed E-state index contributed by atoms with van der Waals surface area (Å²) in [7, 11) is -4.19. The number of sulfonamides is 1. The minimum atomic E-state index is -4.19. The molecule has 0 spiro atoms. The first-order valence-electron chi connectivity index (χ1n) is 9.81. The van der Waals surface area contributed by atoms with Crippen molar-refractivity contribution in [3.8, 4) is 0 Å². The maximum atomic E-state index is 13.9. The number of hydrogen-bond acceptors (Lipinski definition) is 4. The number of nitrogens with one attached hydrogen (secondary N) is 2. The van der Waals surface area contributed by atoms with E-state index in [1.54, 1.807) is 0 Å². The molecule has 2 atom stereocenters. The van der Waals surface area contributed by atoms with Gasteiger partial charge in [-0.15, -0.1) is 0 Å². The lowest BCUT2D eigenvalue weighted by Gasteiger charge is -2.58. The normalized spacial score (nSPS) is 34.4. The molecule has 0 aliphatic heterocycles. The third-order valence-corrected chi connectivity index (χ3v) is 8.31. The Labute approximate surface area is 165 Å². The highest BCUT2D eigenvalue weighted by molar-refractivity contribution is 7.89. The van der Waals surface area contributed by atoms with Gasteiger partial charge in [0.2, 0.25) is 15.9 Å². The molecule has 28 heavy (non-hydrogen) atoms. The number of halogens is 1. The number of aliphatic hydroxyl groups is 1. The molecule has 4 aliphatic rings. The molecular weight excluding hydrogens is 383 g/mol. The number of rotatable bonds is 5. The van der Waals surface area contributed by atoms with Crippen LogP contribution in [0, 0.1) is 23.6 Å². The Morgan fingerprint density at radius 2 is 1.79 bits per heavy atom. The first-order chi connectivity index (χ1) is 13.0. The van der Waals surface area contributed by atoms with Crippen molar-refractivity contribution in [2.24, 2.45) is 17.8 Å². The minimum Gasteiger partial charge on any atom is -0.390 e. The van der Waals surface area contributed by atoms with Crippen LogP contribution >= 0.6 is 0 Å². The lowest BCUT2D eigenvalue weighted by Crippen LogP contribution is -2.65. The van der Waals surface area contributed by atoms with E-state index in [9.17, 15) is 22.7 Å². The number of carbonyl (C=O) groups is 1. The van der Waals surface area contributed by atoms with Gasteiger partial charge in [-0.1, -0.05) is 12.1 Å². The van der Waals surface area contributed by atoms with Crippen LogP contribution in [0.5, 0.6) is 0 Å². The van der Waals surface area contributed by atoms with Gasteiger partial charge in [0.1, 0.15) is 16.3 Å². The van der Waals surface area contributed by atoms with Crippen LogP contribution in [0.3, 0.4) is 0 Å². The molecule has 0 heterocycles. The molecule has 1 aromatic carbocycles. The van der Waals surface area contributed by atoms with Crippen molar-refractivity contribution >= 4 is 15.9 Å². The number of hydrogen-bond donors (Lipinski definition) is 3. The molecule has 4 bridgehead atoms. The van der Waals surface area contributed by atoms with Crippen LogP contribution in [-0.2, 0) is 14.8 Å². The summed E-state index contributed by atoms with van der Waals surface area (Å²) >= 11 is 0. The Balaban J connectivity index is 1.48. The van der Waals surface area contributed by atoms with Gasteiger partial charge in [-0.05, 0) is 75.8 Å². The van der Waals surface area contributed by atoms with Gasteiger partial charge in [0, 0.05) is 6.04 Å². The Bertz CT molecular complexity index is 885. The molecule has 4 aliphatic carbocycles. The zero-order valence-electron chi connectivity index (χ0n) is 16.1. The predicted molar refractivity (Wildman–Crippen MR) is 101 cm³/mol. The van der Waals surface area contributed by atoms with E-state index in [0.29, 0.717) is 18.8 Å². The predicted octanol–water partition coefficient (Wildman–Crippen LogP) is 1.94. The van der Waals surface area contributed by atoms with Crippen LogP contribution in [0.25, 0.3) is 0 Å². The molecule has 5 rings (SSSR count). The third kappa shape index (κ3) is 3.46. The maximum Gasteiger partial charge on any atom is 0.244 e. The summed E-state index contributed by atoms with van der Waals surface area (Å²) < 4.78 is 41.4. The van der Waals surface area contributed by atoms with Crippen molar-refractivity contribution in [1.29, 1.82) is 0 Å². The molecule has 0 aromatic heterocycles. The Morgan fingerprint density at radius 1 is 1.18 bits per heavy atom. The van der Waals surface area contributed by atoms with Gasteiger partial charge in [0.05, 0.1) is 5.60 Å². The van der Waals surface area contributed by atoms with Crippen molar-refractivity contribution in [3.05, 3.63) is 30.1 Å². The Hall–Kier alpha value is -1.51. The monoisotopic (exact) mass is 410 g/mol. The second-order valence-electron chi connectivity index (χ2n) is 9.35. The highest BCUT2D eigenvalue weighted by atomic mass is 32.2. The zero-order valence-corrected chi connectivity index (χ0v) is 16.9. The van der Waals surface area contributed by atoms with Crippen LogP contribution in [0.4, 0.5) is 4.39 Å². The summed E-state index contributed by atoms with van der Waals surface area (Å²) in [6.45, 7) is 2.95. The molecule has 8 heteroatoms. The summed E-state index contributed by atoms with van der Waals surface area (Å²) in [6, 6.07) is 5.03. The van der Waals surface area contributed by atoms with Crippen LogP contribution in [0.15, 0.2) is 29.2 Å². The van der Waals surface area contributed by atoms with Gasteiger partial charge in [-0.2, -0.15) is 4.72 Å². The van der Waals surface area contributed by atoms with Crippen molar-refractivity contribution in [2.75, 3.05) is 0 Å². The quantitative estimate of drug-likeness (QED) is 0.691. The average molecular weight is 411 g/mol. The van der Waals surface area contributed by atoms with Crippen LogP contribution in [-0.4, -0.2) is 36.6 Å². The van der Waals surface area contributed by atoms with Crippen molar-refractivity contribution in [1.82, 2.24) is 10.0 Å². The highest BCUT2D eigenvalue weighted by Crippen LogP contribution is 2.55. The molecule has 4 fully saturated rings. The molecule has 0 saturated heterocycles. The molecule has 154 valence electrons. The van der Waals surface area contributed by atoms with Crippen LogP contribution < -0.4 is 10.0 Å². The summed E-state index contributed by atoms with van der Waals surface area (Å²) in [5.74, 6) is -0.334. The molecule has 1 aromatic rings. The summed E-state index contributed by atoms with van der Waals surface area (Å²) in [5, 5.41) is 13.7. The van der Waals surface area contributed by atoms with E-state index in [4.69, 9.17) is 0 Å². The number of benzene rings is 1. The highest BCUT2D eigenvalue weighted by Gasteiger charge is 2.55. The van der Waals surface area contributed by atoms with Gasteiger partial charge < -0.3 is 10.4 Å². The third-order valence-electron chi connectivity index (χ3n) is 6.62. The van der Waals surface area contributed by atoms with Gasteiger partial charge in [-0.3, -0.25) is 4.79 Å². The van der Waals surface area contributed by atoms with Gasteiger partial charge in [0.15, 0.2) is 0 Å². The molecule has 0 radical (unpaired) electrons. The lowest BCUT2D eigenvalue weighted by atomic mass is 9.52. The molecule has 1 amide bonds. The molecule has 4 saturated carbocycles. The Morgan fingerprint density at radius 3 is 2.36 bits per heavy atom. The van der Waals surface area contributed by atoms with Crippen molar-refractivity contribution < 1.29 is 22.7 Å². The zero-order chi connectivity index (χ0) is 20.3. The summed E-state index contributed by atoms with van der Waals surface area (Å²) in [4.78, 5) is 12.5. The van der Waals surface area contributed by atoms with E-state index in [-0.39, 0.29) is 17.9 Å². The van der Waals surface area contributed by atoms with Crippen molar-refractivity contribution in [3.63, 3.8) is 0 Å². The van der Waals surface area contributed by atoms with Crippen molar-refractivity contribution in [2.45, 2.75) is 68.0 Å². The van der Waals surface area contributed by atoms with E-state index in [1.807, 2.05) is 0 Å². The summed E-state index contributed by atoms with van der Waals surface area (Å²) in [6.07, 6.45) is 4.21. The van der Waals surface area contributed by atoms with Crippen LogP contribution in [0.2, 0.25) is 0 Å². The first-order valence-corrected chi connectivity index (χ1v) is 11.3. The minimum absolute atomic E-state index is 0.0541. The van der Waals surface area contributed by atoms with E-state index >= 15 is 0 Å². The van der Waals surface area contributed by atoms with E-state index in [1.165, 1.54) is 32.0 Å². The largest absolute Gasteiger partial charge is 0.390 e. The second kappa shape index (κ2) is 6.50. The fourth-order valence-electron chi connectivity index (χ4n) is 5.65. The molecular formula is C20H27FN2O4S. The van der Waals surface area contributed by atoms with Gasteiger partial charge >= 0.3 is 0 Å². The fraction of sp³-hybridized carbons (Fsp3) is 0.650. The van der Waals surface area contributed by atoms with Gasteiger partial charge in [-0.25, -0.2) is 12.8 Å². The van der Waals surface area contributed by atoms with E-state index in [0.717, 1.165) is 25.3 Å². The fourth-order valence-corrected chi connectivity index (χ4v) is 7.11. The smallest absolute Gasteiger partial charge is 0.244 e.